The van der Waals surface area contributed by atoms with Crippen molar-refractivity contribution in [1.29, 1.82) is 0 Å². The Morgan fingerprint density at radius 2 is 1.10 bits per heavy atom. The Balaban J connectivity index is 4.08. The first-order chi connectivity index (χ1) is 24.0. The number of esters is 2. The minimum atomic E-state index is -4.77. The lowest BCUT2D eigenvalue weighted by molar-refractivity contribution is -0.161. The molecule has 290 valence electrons. The molecule has 50 heavy (non-hydrogen) atoms. The molecule has 0 fully saturated rings. The van der Waals surface area contributed by atoms with E-state index in [4.69, 9.17) is 19.3 Å². The largest absolute Gasteiger partial charge is 0.469 e. The molecule has 0 aliphatic heterocycles. The first-order valence-corrected chi connectivity index (χ1v) is 20.9. The fourth-order valence-electron chi connectivity index (χ4n) is 5.12. The molecular formula is C40H71O9P. The van der Waals surface area contributed by atoms with Gasteiger partial charge in [0.2, 0.25) is 0 Å². The molecule has 0 spiro atoms. The van der Waals surface area contributed by atoms with E-state index < -0.39 is 32.5 Å². The molecule has 0 radical (unpaired) electrons. The molecule has 0 aliphatic rings. The van der Waals surface area contributed by atoms with Gasteiger partial charge in [0.1, 0.15) is 6.61 Å². The lowest BCUT2D eigenvalue weighted by Gasteiger charge is -2.18. The maximum Gasteiger partial charge on any atom is 0.469 e. The van der Waals surface area contributed by atoms with Gasteiger partial charge in [-0.05, 0) is 70.6 Å². The minimum absolute atomic E-state index is 0.124. The quantitative estimate of drug-likeness (QED) is 0.0256. The lowest BCUT2D eigenvalue weighted by atomic mass is 9.99. The van der Waals surface area contributed by atoms with Gasteiger partial charge in [0, 0.05) is 12.8 Å². The number of carbonyl (C=O) groups is 2. The van der Waals surface area contributed by atoms with Crippen LogP contribution in [0.1, 0.15) is 162 Å². The van der Waals surface area contributed by atoms with Crippen LogP contribution < -0.4 is 0 Å². The molecular weight excluding hydrogens is 655 g/mol. The number of aliphatic hydroxyl groups is 1. The molecule has 0 amide bonds. The van der Waals surface area contributed by atoms with Gasteiger partial charge in [-0.25, -0.2) is 4.57 Å². The Morgan fingerprint density at radius 1 is 0.620 bits per heavy atom. The smallest absolute Gasteiger partial charge is 0.462 e. The first kappa shape index (κ1) is 48.0. The fraction of sp³-hybridized carbons (Fsp3) is 0.750. The molecule has 1 unspecified atom stereocenters. The molecule has 9 nitrogen and oxygen atoms in total. The van der Waals surface area contributed by atoms with Crippen LogP contribution >= 0.6 is 7.82 Å². The van der Waals surface area contributed by atoms with E-state index in [1.54, 1.807) is 0 Å². The van der Waals surface area contributed by atoms with E-state index in [2.05, 4.69) is 54.8 Å². The Bertz CT molecular complexity index is 983. The summed E-state index contributed by atoms with van der Waals surface area (Å²) in [7, 11) is -4.77. The number of hydrogen-bond donors (Lipinski definition) is 3. The standard InChI is InChI=1S/C40H71O9P/c1-4-36(2)30-26-22-18-14-12-13-16-20-24-28-32-39(42)47-34-38(35-48-50(44,45)46)49-40(43)33-29-25-21-17-11-9-7-5-6-8-10-15-19-23-27-31-37(3)41/h6-9,15,17,19,21,36-38,41H,4-5,10-14,16,18,20,22-35H2,1-3H3,(H2,44,45,46)/b8-6-,9-7-,19-15-,21-17-/t36?,37-,38+/m0/s1. The third-order valence-electron chi connectivity index (χ3n) is 8.41. The lowest BCUT2D eigenvalue weighted by Crippen LogP contribution is -2.29. The monoisotopic (exact) mass is 726 g/mol. The molecule has 0 bridgehead atoms. The van der Waals surface area contributed by atoms with Crippen LogP contribution in [0, 0.1) is 5.92 Å². The SMILES string of the molecule is CCC(C)CCCCCCCCCCCCC(=O)OC[C@H](COP(=O)(O)O)OC(=O)CCC/C=C\C/C=C\C/C=C\C/C=C\CCC[C@H](C)O. The van der Waals surface area contributed by atoms with Crippen molar-refractivity contribution in [3.05, 3.63) is 48.6 Å². The molecule has 0 saturated heterocycles. The second-order valence-electron chi connectivity index (χ2n) is 13.4. The second-order valence-corrected chi connectivity index (χ2v) is 14.7. The third-order valence-corrected chi connectivity index (χ3v) is 8.89. The third kappa shape index (κ3) is 37.2. The molecule has 0 aromatic heterocycles. The molecule has 0 aromatic rings. The summed E-state index contributed by atoms with van der Waals surface area (Å²) in [5.74, 6) is -0.124. The van der Waals surface area contributed by atoms with Gasteiger partial charge >= 0.3 is 19.8 Å². The minimum Gasteiger partial charge on any atom is -0.462 e. The fourth-order valence-corrected chi connectivity index (χ4v) is 5.48. The van der Waals surface area contributed by atoms with Crippen molar-refractivity contribution in [2.75, 3.05) is 13.2 Å². The zero-order chi connectivity index (χ0) is 37.1. The number of carbonyl (C=O) groups excluding carboxylic acids is 2. The summed E-state index contributed by atoms with van der Waals surface area (Å²) in [6.07, 6.45) is 36.8. The van der Waals surface area contributed by atoms with Crippen molar-refractivity contribution in [2.24, 2.45) is 5.92 Å². The van der Waals surface area contributed by atoms with E-state index in [1.165, 1.54) is 51.4 Å². The zero-order valence-corrected chi connectivity index (χ0v) is 32.5. The molecule has 0 aromatic carbocycles. The van der Waals surface area contributed by atoms with Crippen LogP contribution in [0.2, 0.25) is 0 Å². The van der Waals surface area contributed by atoms with Crippen molar-refractivity contribution < 1.29 is 43.0 Å². The van der Waals surface area contributed by atoms with E-state index >= 15 is 0 Å². The summed E-state index contributed by atoms with van der Waals surface area (Å²) >= 11 is 0. The number of hydrogen-bond acceptors (Lipinski definition) is 7. The van der Waals surface area contributed by atoms with Gasteiger partial charge in [-0.3, -0.25) is 14.1 Å². The highest BCUT2D eigenvalue weighted by atomic mass is 31.2. The first-order valence-electron chi connectivity index (χ1n) is 19.4. The molecule has 10 heteroatoms. The van der Waals surface area contributed by atoms with Gasteiger partial charge in [0.05, 0.1) is 12.7 Å². The van der Waals surface area contributed by atoms with Gasteiger partial charge in [0.25, 0.3) is 0 Å². The van der Waals surface area contributed by atoms with Crippen molar-refractivity contribution in [3.8, 4) is 0 Å². The molecule has 0 rings (SSSR count). The van der Waals surface area contributed by atoms with Crippen LogP contribution in [0.4, 0.5) is 0 Å². The van der Waals surface area contributed by atoms with Crippen LogP contribution in [0.15, 0.2) is 48.6 Å². The Kier molecular flexibility index (Phi) is 32.7. The topological polar surface area (TPSA) is 140 Å². The molecule has 3 atom stereocenters. The summed E-state index contributed by atoms with van der Waals surface area (Å²) in [6.45, 7) is 5.52. The highest BCUT2D eigenvalue weighted by Crippen LogP contribution is 2.36. The maximum atomic E-state index is 12.3. The van der Waals surface area contributed by atoms with Crippen LogP contribution in [-0.2, 0) is 28.2 Å². The number of unbranched alkanes of at least 4 members (excludes halogenated alkanes) is 11. The zero-order valence-electron chi connectivity index (χ0n) is 31.6. The molecule has 3 N–H and O–H groups in total. The van der Waals surface area contributed by atoms with E-state index in [0.29, 0.717) is 19.3 Å². The number of allylic oxidation sites excluding steroid dienone is 8. The van der Waals surface area contributed by atoms with Crippen LogP contribution in [-0.4, -0.2) is 52.3 Å². The highest BCUT2D eigenvalue weighted by Gasteiger charge is 2.22. The Morgan fingerprint density at radius 3 is 1.62 bits per heavy atom. The number of aliphatic hydroxyl groups excluding tert-OH is 1. The van der Waals surface area contributed by atoms with Gasteiger partial charge in [-0.2, -0.15) is 0 Å². The molecule has 0 saturated carbocycles. The predicted molar refractivity (Wildman–Crippen MR) is 203 cm³/mol. The highest BCUT2D eigenvalue weighted by molar-refractivity contribution is 7.46. The number of phosphoric ester groups is 1. The van der Waals surface area contributed by atoms with Crippen LogP contribution in [0.25, 0.3) is 0 Å². The van der Waals surface area contributed by atoms with E-state index in [0.717, 1.165) is 63.7 Å². The van der Waals surface area contributed by atoms with E-state index in [1.807, 2.05) is 19.1 Å². The summed E-state index contributed by atoms with van der Waals surface area (Å²) in [5, 5.41) is 9.24. The van der Waals surface area contributed by atoms with Crippen LogP contribution in [0.3, 0.4) is 0 Å². The second kappa shape index (κ2) is 34.1. The number of rotatable bonds is 34. The average Bonchev–Trinajstić information content (AvgIpc) is 3.07. The normalized spacial score (nSPS) is 14.3. The number of ether oxygens (including phenoxy) is 2. The molecule has 0 heterocycles. The number of phosphoric acid groups is 1. The van der Waals surface area contributed by atoms with Gasteiger partial charge in [-0.15, -0.1) is 0 Å². The van der Waals surface area contributed by atoms with E-state index in [-0.39, 0.29) is 25.6 Å². The van der Waals surface area contributed by atoms with Gasteiger partial charge < -0.3 is 24.4 Å². The average molecular weight is 727 g/mol. The van der Waals surface area contributed by atoms with Crippen LogP contribution in [0.5, 0.6) is 0 Å². The molecule has 0 aliphatic carbocycles. The van der Waals surface area contributed by atoms with Crippen molar-refractivity contribution >= 4 is 19.8 Å². The summed E-state index contributed by atoms with van der Waals surface area (Å²) in [6, 6.07) is 0. The summed E-state index contributed by atoms with van der Waals surface area (Å²) in [5.41, 5.74) is 0. The van der Waals surface area contributed by atoms with Crippen molar-refractivity contribution in [1.82, 2.24) is 0 Å². The van der Waals surface area contributed by atoms with Gasteiger partial charge in [0.15, 0.2) is 6.10 Å². The Labute approximate surface area is 304 Å². The Hall–Kier alpha value is -2.03. The van der Waals surface area contributed by atoms with Gasteiger partial charge in [-0.1, -0.05) is 133 Å². The van der Waals surface area contributed by atoms with Crippen molar-refractivity contribution in [2.45, 2.75) is 174 Å². The maximum absolute atomic E-state index is 12.3. The summed E-state index contributed by atoms with van der Waals surface area (Å²) < 4.78 is 26.3. The van der Waals surface area contributed by atoms with Crippen molar-refractivity contribution in [3.63, 3.8) is 0 Å². The predicted octanol–water partition coefficient (Wildman–Crippen LogP) is 10.4. The van der Waals surface area contributed by atoms with E-state index in [9.17, 15) is 19.3 Å². The summed E-state index contributed by atoms with van der Waals surface area (Å²) in [4.78, 5) is 42.7.